The van der Waals surface area contributed by atoms with Crippen molar-refractivity contribution in [2.24, 2.45) is 11.8 Å². The maximum Gasteiger partial charge on any atom is 0.326 e. The Bertz CT molecular complexity index is 391. The molecule has 1 aliphatic heterocycles. The van der Waals surface area contributed by atoms with Crippen molar-refractivity contribution < 1.29 is 14.7 Å². The molecule has 0 saturated carbocycles. The first-order valence-electron chi connectivity index (χ1n) is 8.75. The molecule has 23 heavy (non-hydrogen) atoms. The van der Waals surface area contributed by atoms with Crippen LogP contribution in [0.2, 0.25) is 0 Å². The molecule has 0 aromatic carbocycles. The number of aliphatic carboxylic acids is 1. The van der Waals surface area contributed by atoms with Crippen LogP contribution in [0, 0.1) is 11.8 Å². The summed E-state index contributed by atoms with van der Waals surface area (Å²) in [6, 6.07) is -1.07. The maximum atomic E-state index is 12.7. The number of hydrogen-bond donors (Lipinski definition) is 2. The van der Waals surface area contributed by atoms with Gasteiger partial charge in [-0.3, -0.25) is 9.69 Å². The largest absolute Gasteiger partial charge is 0.480 e. The van der Waals surface area contributed by atoms with Crippen molar-refractivity contribution in [2.45, 2.75) is 53.1 Å². The first kappa shape index (κ1) is 19.9. The molecule has 2 unspecified atom stereocenters. The van der Waals surface area contributed by atoms with Crippen molar-refractivity contribution in [3.05, 3.63) is 0 Å². The molecule has 0 spiro atoms. The van der Waals surface area contributed by atoms with E-state index >= 15 is 0 Å². The van der Waals surface area contributed by atoms with Crippen molar-refractivity contribution in [1.29, 1.82) is 0 Å². The number of piperazine rings is 1. The fraction of sp³-hybridized carbons (Fsp3) is 0.882. The van der Waals surface area contributed by atoms with E-state index in [2.05, 4.69) is 22.0 Å². The molecule has 0 aromatic heterocycles. The Hall–Kier alpha value is -1.14. The SMILES string of the molecule is CCN1CCN(C(C(=O)NC(CC(C)C)C(=O)O)C(C)C)CC1. The standard InChI is InChI=1S/C17H33N3O3/c1-6-19-7-9-20(10-8-19)15(13(4)5)16(21)18-14(17(22)23)11-12(2)3/h12-15H,6-11H2,1-5H3,(H,18,21)(H,22,23). The van der Waals surface area contributed by atoms with Crippen LogP contribution in [0.15, 0.2) is 0 Å². The summed E-state index contributed by atoms with van der Waals surface area (Å²) in [6.45, 7) is 14.8. The number of nitrogens with zero attached hydrogens (tertiary/aromatic N) is 2. The molecule has 0 bridgehead atoms. The van der Waals surface area contributed by atoms with Gasteiger partial charge in [0, 0.05) is 26.2 Å². The molecule has 1 fully saturated rings. The van der Waals surface area contributed by atoms with Gasteiger partial charge in [-0.05, 0) is 24.8 Å². The van der Waals surface area contributed by atoms with Crippen molar-refractivity contribution in [1.82, 2.24) is 15.1 Å². The highest BCUT2D eigenvalue weighted by Crippen LogP contribution is 2.15. The molecule has 6 nitrogen and oxygen atoms in total. The Morgan fingerprint density at radius 2 is 1.65 bits per heavy atom. The van der Waals surface area contributed by atoms with Crippen molar-refractivity contribution in [3.8, 4) is 0 Å². The fourth-order valence-corrected chi connectivity index (χ4v) is 3.20. The molecular formula is C17H33N3O3. The second-order valence-electron chi connectivity index (χ2n) is 7.19. The van der Waals surface area contributed by atoms with E-state index in [0.717, 1.165) is 32.7 Å². The van der Waals surface area contributed by atoms with E-state index in [-0.39, 0.29) is 23.8 Å². The summed E-state index contributed by atoms with van der Waals surface area (Å²) >= 11 is 0. The molecule has 1 aliphatic rings. The smallest absolute Gasteiger partial charge is 0.326 e. The molecule has 0 aromatic rings. The van der Waals surface area contributed by atoms with Gasteiger partial charge in [-0.2, -0.15) is 0 Å². The number of carbonyl (C=O) groups excluding carboxylic acids is 1. The normalized spacial score (nSPS) is 19.8. The van der Waals surface area contributed by atoms with Gasteiger partial charge in [0.25, 0.3) is 0 Å². The van der Waals surface area contributed by atoms with Crippen LogP contribution in [0.3, 0.4) is 0 Å². The molecule has 6 heteroatoms. The lowest BCUT2D eigenvalue weighted by Crippen LogP contribution is -2.58. The van der Waals surface area contributed by atoms with Gasteiger partial charge in [-0.15, -0.1) is 0 Å². The molecule has 1 rings (SSSR count). The Morgan fingerprint density at radius 3 is 2.04 bits per heavy atom. The zero-order valence-corrected chi connectivity index (χ0v) is 15.2. The number of amides is 1. The highest BCUT2D eigenvalue weighted by Gasteiger charge is 2.33. The Balaban J connectivity index is 2.72. The van der Waals surface area contributed by atoms with Gasteiger partial charge in [-0.25, -0.2) is 4.79 Å². The summed E-state index contributed by atoms with van der Waals surface area (Å²) in [4.78, 5) is 28.6. The van der Waals surface area contributed by atoms with Crippen molar-refractivity contribution in [2.75, 3.05) is 32.7 Å². The minimum Gasteiger partial charge on any atom is -0.480 e. The number of rotatable bonds is 8. The summed E-state index contributed by atoms with van der Waals surface area (Å²) in [5.41, 5.74) is 0. The van der Waals surface area contributed by atoms with Crippen molar-refractivity contribution >= 4 is 11.9 Å². The van der Waals surface area contributed by atoms with Gasteiger partial charge < -0.3 is 15.3 Å². The summed E-state index contributed by atoms with van der Waals surface area (Å²) in [6.07, 6.45) is 0.454. The summed E-state index contributed by atoms with van der Waals surface area (Å²) in [7, 11) is 0. The fourth-order valence-electron chi connectivity index (χ4n) is 3.20. The van der Waals surface area contributed by atoms with Gasteiger partial charge in [0.05, 0.1) is 6.04 Å². The second kappa shape index (κ2) is 9.23. The number of carbonyl (C=O) groups is 2. The maximum absolute atomic E-state index is 12.7. The minimum absolute atomic E-state index is 0.150. The van der Waals surface area contributed by atoms with Gasteiger partial charge >= 0.3 is 5.97 Å². The Morgan fingerprint density at radius 1 is 1.09 bits per heavy atom. The predicted molar refractivity (Wildman–Crippen MR) is 91.3 cm³/mol. The number of likely N-dealkylation sites (N-methyl/N-ethyl adjacent to an activating group) is 1. The van der Waals surface area contributed by atoms with E-state index in [4.69, 9.17) is 0 Å². The highest BCUT2D eigenvalue weighted by molar-refractivity contribution is 5.87. The van der Waals surface area contributed by atoms with E-state index in [1.54, 1.807) is 0 Å². The third kappa shape index (κ3) is 6.11. The zero-order valence-electron chi connectivity index (χ0n) is 15.2. The van der Waals surface area contributed by atoms with E-state index in [0.29, 0.717) is 6.42 Å². The quantitative estimate of drug-likeness (QED) is 0.702. The number of hydrogen-bond acceptors (Lipinski definition) is 4. The molecule has 2 atom stereocenters. The monoisotopic (exact) mass is 327 g/mol. The topological polar surface area (TPSA) is 72.9 Å². The first-order valence-corrected chi connectivity index (χ1v) is 8.75. The van der Waals surface area contributed by atoms with Gasteiger partial charge in [0.1, 0.15) is 6.04 Å². The number of nitrogens with one attached hydrogen (secondary N) is 1. The first-order chi connectivity index (χ1) is 10.8. The van der Waals surface area contributed by atoms with E-state index in [9.17, 15) is 14.7 Å². The summed E-state index contributed by atoms with van der Waals surface area (Å²) in [5.74, 6) is -0.734. The lowest BCUT2D eigenvalue weighted by molar-refractivity contribution is -0.143. The van der Waals surface area contributed by atoms with Gasteiger partial charge in [0.15, 0.2) is 0 Å². The van der Waals surface area contributed by atoms with Crippen LogP contribution in [0.25, 0.3) is 0 Å². The van der Waals surface area contributed by atoms with E-state index in [1.165, 1.54) is 0 Å². The molecule has 1 saturated heterocycles. The number of carboxylic acid groups (broad SMARTS) is 1. The minimum atomic E-state index is -0.953. The van der Waals surface area contributed by atoms with Gasteiger partial charge in [-0.1, -0.05) is 34.6 Å². The average Bonchev–Trinajstić information content (AvgIpc) is 2.46. The highest BCUT2D eigenvalue weighted by atomic mass is 16.4. The molecule has 0 aliphatic carbocycles. The van der Waals surface area contributed by atoms with Crippen LogP contribution < -0.4 is 5.32 Å². The number of carboxylic acids is 1. The lowest BCUT2D eigenvalue weighted by atomic mass is 9.98. The van der Waals surface area contributed by atoms with Crippen LogP contribution in [0.1, 0.15) is 41.0 Å². The molecule has 2 N–H and O–H groups in total. The molecule has 1 amide bonds. The third-order valence-corrected chi connectivity index (χ3v) is 4.47. The third-order valence-electron chi connectivity index (χ3n) is 4.47. The van der Waals surface area contributed by atoms with Crippen LogP contribution >= 0.6 is 0 Å². The zero-order chi connectivity index (χ0) is 17.6. The van der Waals surface area contributed by atoms with Crippen LogP contribution in [-0.4, -0.2) is 71.6 Å². The lowest BCUT2D eigenvalue weighted by Gasteiger charge is -2.40. The second-order valence-corrected chi connectivity index (χ2v) is 7.19. The molecular weight excluding hydrogens is 294 g/mol. The van der Waals surface area contributed by atoms with Crippen LogP contribution in [-0.2, 0) is 9.59 Å². The predicted octanol–water partition coefficient (Wildman–Crippen LogP) is 1.26. The van der Waals surface area contributed by atoms with Crippen LogP contribution in [0.5, 0.6) is 0 Å². The average molecular weight is 327 g/mol. The molecule has 134 valence electrons. The summed E-state index contributed by atoms with van der Waals surface area (Å²) in [5, 5.41) is 12.1. The van der Waals surface area contributed by atoms with Gasteiger partial charge in [0.2, 0.25) is 5.91 Å². The Labute approximate surface area is 140 Å². The molecule has 1 heterocycles. The summed E-state index contributed by atoms with van der Waals surface area (Å²) < 4.78 is 0. The van der Waals surface area contributed by atoms with E-state index in [1.807, 2.05) is 27.7 Å². The Kier molecular flexibility index (Phi) is 7.99. The molecule has 0 radical (unpaired) electrons. The van der Waals surface area contributed by atoms with Crippen molar-refractivity contribution in [3.63, 3.8) is 0 Å². The van der Waals surface area contributed by atoms with Crippen LogP contribution in [0.4, 0.5) is 0 Å². The van der Waals surface area contributed by atoms with E-state index < -0.39 is 12.0 Å².